The highest BCUT2D eigenvalue weighted by Gasteiger charge is 2.03. The Labute approximate surface area is 144 Å². The lowest BCUT2D eigenvalue weighted by atomic mass is 10.2. The van der Waals surface area contributed by atoms with Crippen molar-refractivity contribution in [3.05, 3.63) is 54.1 Å². The maximum Gasteiger partial charge on any atom is 0.124 e. The first-order valence-corrected chi connectivity index (χ1v) is 8.58. The van der Waals surface area contributed by atoms with E-state index in [2.05, 4.69) is 18.3 Å². The quantitative estimate of drug-likeness (QED) is 0.616. The lowest BCUT2D eigenvalue weighted by Crippen LogP contribution is -2.09. The van der Waals surface area contributed by atoms with Gasteiger partial charge in [0.05, 0.1) is 13.2 Å². The van der Waals surface area contributed by atoms with Gasteiger partial charge in [0.2, 0.25) is 0 Å². The van der Waals surface area contributed by atoms with Crippen molar-refractivity contribution in [1.82, 2.24) is 0 Å². The van der Waals surface area contributed by atoms with Gasteiger partial charge in [0.1, 0.15) is 18.1 Å². The van der Waals surface area contributed by atoms with Gasteiger partial charge < -0.3 is 19.5 Å². The smallest absolute Gasteiger partial charge is 0.124 e. The Morgan fingerprint density at radius 2 is 1.62 bits per heavy atom. The molecule has 0 saturated carbocycles. The minimum absolute atomic E-state index is 0.564. The molecule has 0 atom stereocenters. The summed E-state index contributed by atoms with van der Waals surface area (Å²) in [5.41, 5.74) is 2.18. The molecule has 0 spiro atoms. The van der Waals surface area contributed by atoms with Crippen LogP contribution < -0.4 is 14.8 Å². The van der Waals surface area contributed by atoms with Crippen LogP contribution in [0.4, 0.5) is 5.69 Å². The van der Waals surface area contributed by atoms with Crippen LogP contribution in [0.3, 0.4) is 0 Å². The second-order valence-electron chi connectivity index (χ2n) is 5.38. The molecule has 0 unspecified atom stereocenters. The van der Waals surface area contributed by atoms with E-state index in [-0.39, 0.29) is 0 Å². The van der Waals surface area contributed by atoms with Crippen molar-refractivity contribution in [3.8, 4) is 11.5 Å². The van der Waals surface area contributed by atoms with Gasteiger partial charge >= 0.3 is 0 Å². The third kappa shape index (κ3) is 6.13. The summed E-state index contributed by atoms with van der Waals surface area (Å²) in [6.07, 6.45) is 1.01. The van der Waals surface area contributed by atoms with E-state index in [4.69, 9.17) is 14.2 Å². The fourth-order valence-corrected chi connectivity index (χ4v) is 2.23. The molecule has 0 saturated heterocycles. The zero-order valence-corrected chi connectivity index (χ0v) is 14.6. The Balaban J connectivity index is 1.87. The van der Waals surface area contributed by atoms with Gasteiger partial charge in [0, 0.05) is 24.4 Å². The topological polar surface area (TPSA) is 39.7 Å². The summed E-state index contributed by atoms with van der Waals surface area (Å²) >= 11 is 0. The van der Waals surface area contributed by atoms with E-state index in [1.165, 1.54) is 0 Å². The monoisotopic (exact) mass is 329 g/mol. The molecule has 0 heterocycles. The van der Waals surface area contributed by atoms with Crippen molar-refractivity contribution < 1.29 is 14.2 Å². The van der Waals surface area contributed by atoms with Crippen LogP contribution in [-0.2, 0) is 11.3 Å². The average Bonchev–Trinajstić information content (AvgIpc) is 2.63. The van der Waals surface area contributed by atoms with Crippen LogP contribution in [0.2, 0.25) is 0 Å². The molecule has 0 aromatic heterocycles. The molecule has 130 valence electrons. The zero-order valence-electron chi connectivity index (χ0n) is 14.6. The molecule has 24 heavy (non-hydrogen) atoms. The minimum atomic E-state index is 0.564. The van der Waals surface area contributed by atoms with Gasteiger partial charge in [-0.15, -0.1) is 0 Å². The second-order valence-corrected chi connectivity index (χ2v) is 5.38. The summed E-state index contributed by atoms with van der Waals surface area (Å²) in [5.74, 6) is 1.80. The van der Waals surface area contributed by atoms with Crippen molar-refractivity contribution in [2.45, 2.75) is 26.8 Å². The molecular weight excluding hydrogens is 302 g/mol. The highest BCUT2D eigenvalue weighted by atomic mass is 16.5. The van der Waals surface area contributed by atoms with Crippen LogP contribution in [0.1, 0.15) is 25.8 Å². The van der Waals surface area contributed by atoms with Crippen LogP contribution in [0, 0.1) is 0 Å². The zero-order chi connectivity index (χ0) is 17.0. The van der Waals surface area contributed by atoms with Crippen molar-refractivity contribution in [3.63, 3.8) is 0 Å². The van der Waals surface area contributed by atoms with Crippen LogP contribution >= 0.6 is 0 Å². The number of nitrogens with one attached hydrogen (secondary N) is 1. The number of ether oxygens (including phenoxy) is 3. The van der Waals surface area contributed by atoms with E-state index in [1.54, 1.807) is 0 Å². The molecule has 2 rings (SSSR count). The number of hydrogen-bond donors (Lipinski definition) is 1. The predicted octanol–water partition coefficient (Wildman–Crippen LogP) is 4.50. The first-order valence-electron chi connectivity index (χ1n) is 8.58. The van der Waals surface area contributed by atoms with Crippen LogP contribution in [0.5, 0.6) is 11.5 Å². The Bertz CT molecular complexity index is 584. The molecule has 0 bridgehead atoms. The first kappa shape index (κ1) is 18.1. The Morgan fingerprint density at radius 1 is 0.833 bits per heavy atom. The number of anilines is 1. The van der Waals surface area contributed by atoms with Crippen molar-refractivity contribution in [2.24, 2.45) is 0 Å². The Morgan fingerprint density at radius 3 is 2.38 bits per heavy atom. The molecule has 0 amide bonds. The van der Waals surface area contributed by atoms with E-state index in [1.807, 2.05) is 49.4 Å². The summed E-state index contributed by atoms with van der Waals surface area (Å²) in [6.45, 7) is 7.43. The first-order chi connectivity index (χ1) is 11.8. The van der Waals surface area contributed by atoms with E-state index in [0.29, 0.717) is 26.4 Å². The van der Waals surface area contributed by atoms with E-state index in [9.17, 15) is 0 Å². The van der Waals surface area contributed by atoms with E-state index >= 15 is 0 Å². The van der Waals surface area contributed by atoms with Crippen LogP contribution in [-0.4, -0.2) is 26.4 Å². The third-order valence-corrected chi connectivity index (χ3v) is 3.47. The van der Waals surface area contributed by atoms with Crippen molar-refractivity contribution >= 4 is 5.69 Å². The van der Waals surface area contributed by atoms with Gasteiger partial charge in [0.25, 0.3) is 0 Å². The number of benzene rings is 2. The maximum absolute atomic E-state index is 5.81. The highest BCUT2D eigenvalue weighted by Crippen LogP contribution is 2.21. The molecule has 1 N–H and O–H groups in total. The lowest BCUT2D eigenvalue weighted by molar-refractivity contribution is 0.110. The SMILES string of the molecule is CCCOc1ccc(NCc2ccccc2OCCOCC)cc1. The van der Waals surface area contributed by atoms with Crippen LogP contribution in [0.25, 0.3) is 0 Å². The average molecular weight is 329 g/mol. The van der Waals surface area contributed by atoms with Gasteiger partial charge in [0.15, 0.2) is 0 Å². The third-order valence-electron chi connectivity index (χ3n) is 3.47. The summed E-state index contributed by atoms with van der Waals surface area (Å²) in [4.78, 5) is 0. The molecular formula is C20H27NO3. The Kier molecular flexibility index (Phi) is 7.98. The molecule has 2 aromatic rings. The molecule has 0 aliphatic carbocycles. The number of hydrogen-bond acceptors (Lipinski definition) is 4. The fraction of sp³-hybridized carbons (Fsp3) is 0.400. The van der Waals surface area contributed by atoms with Gasteiger partial charge in [-0.3, -0.25) is 0 Å². The summed E-state index contributed by atoms with van der Waals surface area (Å²) < 4.78 is 16.7. The normalized spacial score (nSPS) is 10.4. The van der Waals surface area contributed by atoms with Gasteiger partial charge in [-0.2, -0.15) is 0 Å². The predicted molar refractivity (Wildman–Crippen MR) is 98.0 cm³/mol. The maximum atomic E-state index is 5.81. The molecule has 0 fully saturated rings. The molecule has 0 aliphatic heterocycles. The van der Waals surface area contributed by atoms with Gasteiger partial charge in [-0.1, -0.05) is 25.1 Å². The molecule has 2 aromatic carbocycles. The molecule has 0 radical (unpaired) electrons. The van der Waals surface area contributed by atoms with Crippen molar-refractivity contribution in [2.75, 3.05) is 31.7 Å². The standard InChI is InChI=1S/C20H27NO3/c1-3-13-23-19-11-9-18(10-12-19)21-16-17-7-5-6-8-20(17)24-15-14-22-4-2/h5-12,21H,3-4,13-16H2,1-2H3. The lowest BCUT2D eigenvalue weighted by Gasteiger charge is -2.13. The summed E-state index contributed by atoms with van der Waals surface area (Å²) in [5, 5.41) is 3.42. The minimum Gasteiger partial charge on any atom is -0.494 e. The van der Waals surface area contributed by atoms with Crippen LogP contribution in [0.15, 0.2) is 48.5 Å². The van der Waals surface area contributed by atoms with Gasteiger partial charge in [-0.25, -0.2) is 0 Å². The Hall–Kier alpha value is -2.20. The largest absolute Gasteiger partial charge is 0.494 e. The van der Waals surface area contributed by atoms with Gasteiger partial charge in [-0.05, 0) is 43.7 Å². The fourth-order valence-electron chi connectivity index (χ4n) is 2.23. The van der Waals surface area contributed by atoms with Crippen molar-refractivity contribution in [1.29, 1.82) is 0 Å². The molecule has 0 aliphatic rings. The summed E-state index contributed by atoms with van der Waals surface area (Å²) in [6, 6.07) is 16.1. The molecule has 4 nitrogen and oxygen atoms in total. The van der Waals surface area contributed by atoms with E-state index in [0.717, 1.165) is 35.8 Å². The summed E-state index contributed by atoms with van der Waals surface area (Å²) in [7, 11) is 0. The molecule has 4 heteroatoms. The second kappa shape index (κ2) is 10.6. The number of rotatable bonds is 11. The highest BCUT2D eigenvalue weighted by molar-refractivity contribution is 5.47. The van der Waals surface area contributed by atoms with E-state index < -0.39 is 0 Å². The number of para-hydroxylation sites is 1.